The molecule has 2 unspecified atom stereocenters. The molecule has 20 heavy (non-hydrogen) atoms. The predicted octanol–water partition coefficient (Wildman–Crippen LogP) is 3.33. The fourth-order valence-corrected chi connectivity index (χ4v) is 3.15. The van der Waals surface area contributed by atoms with Gasteiger partial charge in [-0.2, -0.15) is 0 Å². The van der Waals surface area contributed by atoms with Gasteiger partial charge in [0.1, 0.15) is 16.5 Å². The maximum atomic E-state index is 5.72. The Kier molecular flexibility index (Phi) is 3.89. The zero-order valence-corrected chi connectivity index (χ0v) is 12.4. The highest BCUT2D eigenvalue weighted by Crippen LogP contribution is 2.36. The number of benzene rings is 1. The molecule has 0 saturated carbocycles. The van der Waals surface area contributed by atoms with Crippen molar-refractivity contribution in [3.8, 4) is 11.5 Å². The quantitative estimate of drug-likeness (QED) is 0.938. The first-order valence-corrected chi connectivity index (χ1v) is 7.62. The van der Waals surface area contributed by atoms with Crippen LogP contribution in [0.25, 0.3) is 0 Å². The fourth-order valence-electron chi connectivity index (χ4n) is 2.49. The van der Waals surface area contributed by atoms with E-state index < -0.39 is 0 Å². The van der Waals surface area contributed by atoms with Crippen LogP contribution in [0.2, 0.25) is 0 Å². The lowest BCUT2D eigenvalue weighted by Gasteiger charge is -2.29. The largest absolute Gasteiger partial charge is 0.497 e. The minimum absolute atomic E-state index is 0.233. The van der Waals surface area contributed by atoms with E-state index in [1.54, 1.807) is 18.4 Å². The zero-order valence-electron chi connectivity index (χ0n) is 11.6. The number of fused-ring (bicyclic) bond motifs is 1. The van der Waals surface area contributed by atoms with Crippen LogP contribution in [-0.2, 0) is 0 Å². The van der Waals surface area contributed by atoms with Gasteiger partial charge in [-0.25, -0.2) is 4.98 Å². The summed E-state index contributed by atoms with van der Waals surface area (Å²) in [5, 5.41) is 6.76. The Hall–Kier alpha value is -1.59. The van der Waals surface area contributed by atoms with E-state index in [0.717, 1.165) is 29.5 Å². The highest BCUT2D eigenvalue weighted by Gasteiger charge is 2.24. The first kappa shape index (κ1) is 13.4. The Balaban J connectivity index is 1.82. The topological polar surface area (TPSA) is 43.4 Å². The van der Waals surface area contributed by atoms with E-state index in [-0.39, 0.29) is 12.1 Å². The van der Waals surface area contributed by atoms with E-state index in [2.05, 4.69) is 23.3 Å². The van der Waals surface area contributed by atoms with Gasteiger partial charge in [-0.3, -0.25) is 0 Å². The Morgan fingerprint density at radius 3 is 3.15 bits per heavy atom. The lowest BCUT2D eigenvalue weighted by Crippen LogP contribution is -2.29. The van der Waals surface area contributed by atoms with Gasteiger partial charge in [0.25, 0.3) is 0 Å². The minimum atomic E-state index is 0.233. The maximum absolute atomic E-state index is 5.72. The second-order valence-corrected chi connectivity index (χ2v) is 5.78. The second kappa shape index (κ2) is 5.81. The molecule has 0 fully saturated rings. The lowest BCUT2D eigenvalue weighted by atomic mass is 9.99. The van der Waals surface area contributed by atoms with E-state index in [1.165, 1.54) is 5.56 Å². The molecule has 4 nitrogen and oxygen atoms in total. The Bertz CT molecular complexity index is 571. The van der Waals surface area contributed by atoms with Gasteiger partial charge in [0.05, 0.1) is 19.8 Å². The van der Waals surface area contributed by atoms with Gasteiger partial charge >= 0.3 is 0 Å². The predicted molar refractivity (Wildman–Crippen MR) is 79.5 cm³/mol. The molecule has 0 radical (unpaired) electrons. The van der Waals surface area contributed by atoms with Crippen LogP contribution in [0.15, 0.2) is 29.8 Å². The molecular formula is C15H18N2O2S. The molecule has 1 N–H and O–H groups in total. The van der Waals surface area contributed by atoms with Crippen LogP contribution in [0.5, 0.6) is 11.5 Å². The van der Waals surface area contributed by atoms with Crippen LogP contribution in [-0.4, -0.2) is 18.7 Å². The number of ether oxygens (including phenoxy) is 2. The molecular weight excluding hydrogens is 272 g/mol. The molecule has 106 valence electrons. The Morgan fingerprint density at radius 2 is 2.40 bits per heavy atom. The van der Waals surface area contributed by atoms with Gasteiger partial charge < -0.3 is 14.8 Å². The van der Waals surface area contributed by atoms with Crippen LogP contribution in [0.3, 0.4) is 0 Å². The standard InChI is InChI=1S/C15H18N2O2S/c1-10(15-16-6-8-20-15)17-13-5-7-19-14-4-3-11(18-2)9-12(13)14/h3-4,6,8-10,13,17H,5,7H2,1-2H3. The summed E-state index contributed by atoms with van der Waals surface area (Å²) in [6.07, 6.45) is 2.80. The molecule has 0 spiro atoms. The van der Waals surface area contributed by atoms with Crippen molar-refractivity contribution < 1.29 is 9.47 Å². The van der Waals surface area contributed by atoms with Crippen molar-refractivity contribution in [2.75, 3.05) is 13.7 Å². The average molecular weight is 290 g/mol. The van der Waals surface area contributed by atoms with Crippen LogP contribution >= 0.6 is 11.3 Å². The number of nitrogens with zero attached hydrogens (tertiary/aromatic N) is 1. The van der Waals surface area contributed by atoms with Gasteiger partial charge in [0, 0.05) is 29.6 Å². The molecule has 0 aliphatic carbocycles. The van der Waals surface area contributed by atoms with E-state index in [0.29, 0.717) is 0 Å². The van der Waals surface area contributed by atoms with Crippen LogP contribution in [0.4, 0.5) is 0 Å². The van der Waals surface area contributed by atoms with Crippen molar-refractivity contribution in [2.45, 2.75) is 25.4 Å². The number of nitrogens with one attached hydrogen (secondary N) is 1. The van der Waals surface area contributed by atoms with E-state index in [9.17, 15) is 0 Å². The number of thiazole rings is 1. The van der Waals surface area contributed by atoms with Crippen LogP contribution in [0, 0.1) is 0 Å². The van der Waals surface area contributed by atoms with Gasteiger partial charge in [-0.05, 0) is 25.1 Å². The third-order valence-corrected chi connectivity index (χ3v) is 4.49. The molecule has 2 heterocycles. The SMILES string of the molecule is COc1ccc2c(c1)C(NC(C)c1nccs1)CCO2. The molecule has 3 rings (SSSR count). The number of hydrogen-bond acceptors (Lipinski definition) is 5. The molecule has 2 aromatic rings. The summed E-state index contributed by atoms with van der Waals surface area (Å²) in [5.41, 5.74) is 1.17. The molecule has 1 aromatic carbocycles. The smallest absolute Gasteiger partial charge is 0.124 e. The highest BCUT2D eigenvalue weighted by atomic mass is 32.1. The van der Waals surface area contributed by atoms with Crippen molar-refractivity contribution >= 4 is 11.3 Å². The lowest BCUT2D eigenvalue weighted by molar-refractivity contribution is 0.245. The molecule has 5 heteroatoms. The van der Waals surface area contributed by atoms with E-state index in [1.807, 2.05) is 23.7 Å². The van der Waals surface area contributed by atoms with Crippen molar-refractivity contribution in [1.29, 1.82) is 0 Å². The number of rotatable bonds is 4. The maximum Gasteiger partial charge on any atom is 0.124 e. The molecule has 1 aliphatic heterocycles. The van der Waals surface area contributed by atoms with Gasteiger partial charge in [0.2, 0.25) is 0 Å². The Morgan fingerprint density at radius 1 is 1.50 bits per heavy atom. The minimum Gasteiger partial charge on any atom is -0.497 e. The van der Waals surface area contributed by atoms with Gasteiger partial charge in [-0.1, -0.05) is 0 Å². The van der Waals surface area contributed by atoms with Gasteiger partial charge in [-0.15, -0.1) is 11.3 Å². The molecule has 0 bridgehead atoms. The van der Waals surface area contributed by atoms with Crippen LogP contribution in [0.1, 0.15) is 36.0 Å². The molecule has 0 saturated heterocycles. The second-order valence-electron chi connectivity index (χ2n) is 4.85. The summed E-state index contributed by atoms with van der Waals surface area (Å²) < 4.78 is 11.0. The third-order valence-electron chi connectivity index (χ3n) is 3.53. The zero-order chi connectivity index (χ0) is 13.9. The molecule has 0 amide bonds. The van der Waals surface area contributed by atoms with Crippen molar-refractivity contribution in [3.63, 3.8) is 0 Å². The summed E-state index contributed by atoms with van der Waals surface area (Å²) in [4.78, 5) is 4.37. The van der Waals surface area contributed by atoms with E-state index >= 15 is 0 Å². The number of aromatic nitrogens is 1. The van der Waals surface area contributed by atoms with Crippen molar-refractivity contribution in [3.05, 3.63) is 40.3 Å². The normalized spacial score (nSPS) is 19.0. The first-order chi connectivity index (χ1) is 9.78. The molecule has 1 aromatic heterocycles. The number of methoxy groups -OCH3 is 1. The monoisotopic (exact) mass is 290 g/mol. The molecule has 2 atom stereocenters. The van der Waals surface area contributed by atoms with Crippen molar-refractivity contribution in [1.82, 2.24) is 10.3 Å². The first-order valence-electron chi connectivity index (χ1n) is 6.74. The molecule has 1 aliphatic rings. The summed E-state index contributed by atoms with van der Waals surface area (Å²) in [7, 11) is 1.69. The summed E-state index contributed by atoms with van der Waals surface area (Å²) in [6, 6.07) is 6.48. The van der Waals surface area contributed by atoms with E-state index in [4.69, 9.17) is 9.47 Å². The summed E-state index contributed by atoms with van der Waals surface area (Å²) in [6.45, 7) is 2.88. The van der Waals surface area contributed by atoms with Gasteiger partial charge in [0.15, 0.2) is 0 Å². The van der Waals surface area contributed by atoms with Crippen LogP contribution < -0.4 is 14.8 Å². The summed E-state index contributed by atoms with van der Waals surface area (Å²) >= 11 is 1.68. The summed E-state index contributed by atoms with van der Waals surface area (Å²) in [5.74, 6) is 1.81. The Labute approximate surface area is 122 Å². The third kappa shape index (κ3) is 2.64. The highest BCUT2D eigenvalue weighted by molar-refractivity contribution is 7.09. The average Bonchev–Trinajstić information content (AvgIpc) is 3.01. The van der Waals surface area contributed by atoms with Crippen molar-refractivity contribution in [2.24, 2.45) is 0 Å². The number of hydrogen-bond donors (Lipinski definition) is 1. The fraction of sp³-hybridized carbons (Fsp3) is 0.400.